The molecule has 2 aromatic rings. The number of aryl methyl sites for hydroxylation is 3. The molecule has 1 aromatic carbocycles. The Hall–Kier alpha value is -1.22. The maximum atomic E-state index is 5.73. The summed E-state index contributed by atoms with van der Waals surface area (Å²) in [4.78, 5) is 4.42. The van der Waals surface area contributed by atoms with Gasteiger partial charge in [0.25, 0.3) is 0 Å². The van der Waals surface area contributed by atoms with Gasteiger partial charge >= 0.3 is 0 Å². The molecule has 0 aliphatic rings. The van der Waals surface area contributed by atoms with Crippen LogP contribution >= 0.6 is 12.4 Å². The fourth-order valence-corrected chi connectivity index (χ4v) is 1.72. The first kappa shape index (κ1) is 10.9. The predicted molar refractivity (Wildman–Crippen MR) is 61.8 cm³/mol. The number of halogens is 1. The molecule has 0 saturated carbocycles. The molecule has 0 aliphatic carbocycles. The zero-order chi connectivity index (χ0) is 9.59. The summed E-state index contributed by atoms with van der Waals surface area (Å²) >= 11 is 0. The van der Waals surface area contributed by atoms with Gasteiger partial charge in [-0.3, -0.25) is 0 Å². The van der Waals surface area contributed by atoms with E-state index in [0.717, 1.165) is 17.0 Å². The Morgan fingerprint density at radius 2 is 1.93 bits per heavy atom. The Balaban J connectivity index is 0.000000980. The van der Waals surface area contributed by atoms with Crippen LogP contribution in [0.1, 0.15) is 11.4 Å². The highest BCUT2D eigenvalue weighted by Crippen LogP contribution is 2.21. The van der Waals surface area contributed by atoms with Gasteiger partial charge in [0.05, 0.1) is 11.0 Å². The Morgan fingerprint density at radius 1 is 1.29 bits per heavy atom. The van der Waals surface area contributed by atoms with Gasteiger partial charge in [0.2, 0.25) is 0 Å². The monoisotopic (exact) mass is 211 g/mol. The van der Waals surface area contributed by atoms with E-state index in [9.17, 15) is 0 Å². The van der Waals surface area contributed by atoms with E-state index >= 15 is 0 Å². The molecule has 2 N–H and O–H groups in total. The zero-order valence-corrected chi connectivity index (χ0v) is 9.35. The lowest BCUT2D eigenvalue weighted by Crippen LogP contribution is -1.93. The van der Waals surface area contributed by atoms with Gasteiger partial charge in [-0.1, -0.05) is 0 Å². The minimum atomic E-state index is 0. The fourth-order valence-electron chi connectivity index (χ4n) is 1.72. The summed E-state index contributed by atoms with van der Waals surface area (Å²) in [5.41, 5.74) is 9.85. The van der Waals surface area contributed by atoms with E-state index in [2.05, 4.69) is 16.5 Å². The first-order valence-electron chi connectivity index (χ1n) is 4.29. The molecule has 1 aromatic heterocycles. The van der Waals surface area contributed by atoms with Gasteiger partial charge in [0, 0.05) is 12.7 Å². The largest absolute Gasteiger partial charge is 0.399 e. The van der Waals surface area contributed by atoms with Crippen LogP contribution in [0.25, 0.3) is 11.0 Å². The van der Waals surface area contributed by atoms with Crippen LogP contribution in [0, 0.1) is 13.8 Å². The third-order valence-corrected chi connectivity index (χ3v) is 2.41. The Kier molecular flexibility index (Phi) is 2.71. The maximum absolute atomic E-state index is 5.73. The van der Waals surface area contributed by atoms with Crippen molar-refractivity contribution >= 4 is 29.1 Å². The highest BCUT2D eigenvalue weighted by atomic mass is 35.5. The van der Waals surface area contributed by atoms with Gasteiger partial charge in [-0.05, 0) is 31.5 Å². The highest BCUT2D eigenvalue weighted by Gasteiger charge is 2.06. The summed E-state index contributed by atoms with van der Waals surface area (Å²) in [6.07, 6.45) is 0. The number of anilines is 1. The average molecular weight is 212 g/mol. The van der Waals surface area contributed by atoms with Crippen LogP contribution in [0.5, 0.6) is 0 Å². The van der Waals surface area contributed by atoms with Crippen molar-refractivity contribution in [1.82, 2.24) is 9.55 Å². The molecule has 0 unspecified atom stereocenters. The first-order valence-corrected chi connectivity index (χ1v) is 4.29. The molecule has 0 aliphatic heterocycles. The number of benzene rings is 1. The predicted octanol–water partition coefficient (Wildman–Crippen LogP) is 2.19. The molecule has 4 heteroatoms. The quantitative estimate of drug-likeness (QED) is 0.679. The Morgan fingerprint density at radius 3 is 2.57 bits per heavy atom. The molecule has 3 nitrogen and oxygen atoms in total. The molecule has 0 bridgehead atoms. The number of nitrogen functional groups attached to an aromatic ring is 1. The highest BCUT2D eigenvalue weighted by molar-refractivity contribution is 5.85. The molecular formula is C10H14ClN3. The Bertz CT molecular complexity index is 474. The first-order chi connectivity index (χ1) is 6.09. The SMILES string of the molecule is Cc1cc(N)cc2nc(C)n(C)c12.Cl. The number of fused-ring (bicyclic) bond motifs is 1. The van der Waals surface area contributed by atoms with Gasteiger partial charge in [-0.15, -0.1) is 12.4 Å². The summed E-state index contributed by atoms with van der Waals surface area (Å²) in [5.74, 6) is 1.02. The zero-order valence-electron chi connectivity index (χ0n) is 8.53. The number of aromatic nitrogens is 2. The number of hydrogen-bond acceptors (Lipinski definition) is 2. The van der Waals surface area contributed by atoms with Crippen LogP contribution in [-0.4, -0.2) is 9.55 Å². The molecule has 76 valence electrons. The van der Waals surface area contributed by atoms with Crippen molar-refractivity contribution in [2.75, 3.05) is 5.73 Å². The molecule has 0 atom stereocenters. The van der Waals surface area contributed by atoms with Crippen molar-refractivity contribution in [2.24, 2.45) is 7.05 Å². The van der Waals surface area contributed by atoms with Crippen LogP contribution in [0.3, 0.4) is 0 Å². The number of nitrogens with two attached hydrogens (primary N) is 1. The van der Waals surface area contributed by atoms with E-state index in [1.807, 2.05) is 26.1 Å². The van der Waals surface area contributed by atoms with Crippen molar-refractivity contribution in [3.8, 4) is 0 Å². The molecule has 0 saturated heterocycles. The summed E-state index contributed by atoms with van der Waals surface area (Å²) in [6, 6.07) is 3.89. The molecule has 0 spiro atoms. The van der Waals surface area contributed by atoms with Gasteiger partial charge in [0.1, 0.15) is 5.82 Å². The van der Waals surface area contributed by atoms with Crippen LogP contribution in [0.2, 0.25) is 0 Å². The van der Waals surface area contributed by atoms with E-state index in [1.165, 1.54) is 11.1 Å². The minimum Gasteiger partial charge on any atom is -0.399 e. The second kappa shape index (κ2) is 3.50. The van der Waals surface area contributed by atoms with Crippen LogP contribution in [0.15, 0.2) is 12.1 Å². The maximum Gasteiger partial charge on any atom is 0.106 e. The van der Waals surface area contributed by atoms with Crippen LogP contribution in [0.4, 0.5) is 5.69 Å². The van der Waals surface area contributed by atoms with Gasteiger partial charge in [-0.25, -0.2) is 4.98 Å². The number of nitrogens with zero attached hydrogens (tertiary/aromatic N) is 2. The summed E-state index contributed by atoms with van der Waals surface area (Å²) < 4.78 is 2.09. The standard InChI is InChI=1S/C10H13N3.ClH/c1-6-4-8(11)5-9-10(6)13(3)7(2)12-9;/h4-5H,11H2,1-3H3;1H. The van der Waals surface area contributed by atoms with Crippen molar-refractivity contribution in [3.63, 3.8) is 0 Å². The summed E-state index contributed by atoms with van der Waals surface area (Å²) in [6.45, 7) is 4.05. The molecule has 1 heterocycles. The molecule has 14 heavy (non-hydrogen) atoms. The minimum absolute atomic E-state index is 0. The number of imidazole rings is 1. The lowest BCUT2D eigenvalue weighted by Gasteiger charge is -2.01. The van der Waals surface area contributed by atoms with Crippen molar-refractivity contribution in [2.45, 2.75) is 13.8 Å². The van der Waals surface area contributed by atoms with Gasteiger partial charge < -0.3 is 10.3 Å². The summed E-state index contributed by atoms with van der Waals surface area (Å²) in [7, 11) is 2.02. The van der Waals surface area contributed by atoms with E-state index in [0.29, 0.717) is 0 Å². The third-order valence-electron chi connectivity index (χ3n) is 2.41. The second-order valence-corrected chi connectivity index (χ2v) is 3.42. The molecule has 2 rings (SSSR count). The smallest absolute Gasteiger partial charge is 0.106 e. The van der Waals surface area contributed by atoms with E-state index in [1.54, 1.807) is 0 Å². The average Bonchev–Trinajstić information content (AvgIpc) is 2.27. The van der Waals surface area contributed by atoms with E-state index < -0.39 is 0 Å². The van der Waals surface area contributed by atoms with Gasteiger partial charge in [-0.2, -0.15) is 0 Å². The van der Waals surface area contributed by atoms with Crippen LogP contribution < -0.4 is 5.73 Å². The summed E-state index contributed by atoms with van der Waals surface area (Å²) in [5, 5.41) is 0. The lowest BCUT2D eigenvalue weighted by atomic mass is 10.2. The van der Waals surface area contributed by atoms with Crippen molar-refractivity contribution in [3.05, 3.63) is 23.5 Å². The van der Waals surface area contributed by atoms with E-state index in [-0.39, 0.29) is 12.4 Å². The molecule has 0 fully saturated rings. The van der Waals surface area contributed by atoms with Crippen molar-refractivity contribution in [1.29, 1.82) is 0 Å². The van der Waals surface area contributed by atoms with Crippen LogP contribution in [-0.2, 0) is 7.05 Å². The number of rotatable bonds is 0. The second-order valence-electron chi connectivity index (χ2n) is 3.42. The third kappa shape index (κ3) is 1.44. The molecule has 0 radical (unpaired) electrons. The van der Waals surface area contributed by atoms with Gasteiger partial charge in [0.15, 0.2) is 0 Å². The molecular weight excluding hydrogens is 198 g/mol. The van der Waals surface area contributed by atoms with E-state index in [4.69, 9.17) is 5.73 Å². The fraction of sp³-hybridized carbons (Fsp3) is 0.300. The lowest BCUT2D eigenvalue weighted by molar-refractivity contribution is 0.883. The van der Waals surface area contributed by atoms with Crippen molar-refractivity contribution < 1.29 is 0 Å². The number of hydrogen-bond donors (Lipinski definition) is 1. The topological polar surface area (TPSA) is 43.8 Å². The Labute approximate surface area is 89.3 Å². The molecule has 0 amide bonds. The normalized spacial score (nSPS) is 10.2.